The minimum atomic E-state index is -0.182. The molecule has 1 aromatic rings. The third-order valence-corrected chi connectivity index (χ3v) is 5.47. The van der Waals surface area contributed by atoms with Gasteiger partial charge in [0.2, 0.25) is 0 Å². The van der Waals surface area contributed by atoms with Gasteiger partial charge in [0.25, 0.3) is 0 Å². The van der Waals surface area contributed by atoms with Crippen LogP contribution in [0.1, 0.15) is 43.9 Å². The van der Waals surface area contributed by atoms with Gasteiger partial charge in [0.1, 0.15) is 0 Å². The molecule has 1 aliphatic carbocycles. The van der Waals surface area contributed by atoms with Crippen molar-refractivity contribution in [3.63, 3.8) is 0 Å². The summed E-state index contributed by atoms with van der Waals surface area (Å²) in [5.41, 5.74) is 0.148. The van der Waals surface area contributed by atoms with Gasteiger partial charge in [-0.05, 0) is 46.3 Å². The van der Waals surface area contributed by atoms with E-state index in [2.05, 4.69) is 35.0 Å². The second-order valence-electron chi connectivity index (χ2n) is 5.14. The van der Waals surface area contributed by atoms with Crippen molar-refractivity contribution in [2.24, 2.45) is 5.41 Å². The number of halogens is 1. The predicted octanol–water partition coefficient (Wildman–Crippen LogP) is 4.38. The molecule has 1 fully saturated rings. The molecule has 0 aliphatic heterocycles. The van der Waals surface area contributed by atoms with Crippen LogP contribution < -0.4 is 0 Å². The predicted molar refractivity (Wildman–Crippen MR) is 72.9 cm³/mol. The molecule has 1 aliphatic rings. The molecule has 1 N–H and O–H groups in total. The molecule has 1 saturated carbocycles. The molecule has 16 heavy (non-hydrogen) atoms. The number of hydrogen-bond acceptors (Lipinski definition) is 2. The third kappa shape index (κ3) is 2.88. The summed E-state index contributed by atoms with van der Waals surface area (Å²) in [4.78, 5) is 1.28. The molecule has 0 radical (unpaired) electrons. The smallest absolute Gasteiger partial charge is 0.0701 e. The van der Waals surface area contributed by atoms with Crippen molar-refractivity contribution in [3.8, 4) is 0 Å². The fourth-order valence-electron chi connectivity index (χ4n) is 2.59. The first-order valence-corrected chi connectivity index (χ1v) is 7.63. The zero-order valence-electron chi connectivity index (χ0n) is 9.71. The molecule has 1 unspecified atom stereocenters. The van der Waals surface area contributed by atoms with Crippen LogP contribution in [0.3, 0.4) is 0 Å². The van der Waals surface area contributed by atoms with Crippen molar-refractivity contribution in [2.75, 3.05) is 0 Å². The topological polar surface area (TPSA) is 20.2 Å². The maximum atomic E-state index is 10.4. The lowest BCUT2D eigenvalue weighted by Gasteiger charge is -2.37. The number of rotatable bonds is 3. The summed E-state index contributed by atoms with van der Waals surface area (Å²) in [6.07, 6.45) is 6.89. The lowest BCUT2D eigenvalue weighted by atomic mass is 9.71. The molecule has 2 rings (SSSR count). The van der Waals surface area contributed by atoms with Crippen LogP contribution >= 0.6 is 27.3 Å². The zero-order valence-corrected chi connectivity index (χ0v) is 12.1. The Labute approximate surface area is 110 Å². The minimum Gasteiger partial charge on any atom is -0.392 e. The van der Waals surface area contributed by atoms with Crippen LogP contribution in [0.25, 0.3) is 0 Å². The summed E-state index contributed by atoms with van der Waals surface area (Å²) in [6, 6.07) is 4.18. The van der Waals surface area contributed by atoms with Gasteiger partial charge < -0.3 is 5.11 Å². The Morgan fingerprint density at radius 3 is 2.62 bits per heavy atom. The zero-order chi connectivity index (χ0) is 11.6. The van der Waals surface area contributed by atoms with Gasteiger partial charge in [0.15, 0.2) is 0 Å². The number of aliphatic hydroxyl groups is 1. The Bertz CT molecular complexity index is 341. The molecule has 0 aromatic carbocycles. The van der Waals surface area contributed by atoms with Gasteiger partial charge in [-0.25, -0.2) is 0 Å². The summed E-state index contributed by atoms with van der Waals surface area (Å²) in [5.74, 6) is 0. The van der Waals surface area contributed by atoms with E-state index in [1.165, 1.54) is 37.0 Å². The lowest BCUT2D eigenvalue weighted by Crippen LogP contribution is -2.35. The first kappa shape index (κ1) is 12.6. The maximum absolute atomic E-state index is 10.4. The summed E-state index contributed by atoms with van der Waals surface area (Å²) in [6.45, 7) is 2.25. The molecule has 1 aromatic heterocycles. The molecular weight excluding hydrogens is 284 g/mol. The summed E-state index contributed by atoms with van der Waals surface area (Å²) in [5, 5.41) is 10.4. The normalized spacial score (nSPS) is 21.9. The first-order chi connectivity index (χ1) is 7.60. The molecule has 1 heterocycles. The number of thiophene rings is 1. The van der Waals surface area contributed by atoms with Crippen LogP contribution in [0.5, 0.6) is 0 Å². The van der Waals surface area contributed by atoms with E-state index in [-0.39, 0.29) is 11.5 Å². The van der Waals surface area contributed by atoms with Crippen molar-refractivity contribution in [2.45, 2.75) is 51.6 Å². The highest BCUT2D eigenvalue weighted by Gasteiger charge is 2.34. The lowest BCUT2D eigenvalue weighted by molar-refractivity contribution is 0.0109. The highest BCUT2D eigenvalue weighted by molar-refractivity contribution is 9.11. The van der Waals surface area contributed by atoms with E-state index in [9.17, 15) is 5.11 Å². The quantitative estimate of drug-likeness (QED) is 0.878. The molecule has 1 nitrogen and oxygen atoms in total. The third-order valence-electron chi connectivity index (χ3n) is 3.82. The highest BCUT2D eigenvalue weighted by Crippen LogP contribution is 2.40. The van der Waals surface area contributed by atoms with Gasteiger partial charge in [-0.2, -0.15) is 0 Å². The fraction of sp³-hybridized carbons (Fsp3) is 0.692. The van der Waals surface area contributed by atoms with Crippen LogP contribution in [0.2, 0.25) is 0 Å². The van der Waals surface area contributed by atoms with Crippen LogP contribution in [0.15, 0.2) is 15.9 Å². The molecule has 0 spiro atoms. The van der Waals surface area contributed by atoms with Crippen LogP contribution in [0.4, 0.5) is 0 Å². The second kappa shape index (κ2) is 5.19. The van der Waals surface area contributed by atoms with E-state index in [0.29, 0.717) is 0 Å². The van der Waals surface area contributed by atoms with Gasteiger partial charge in [-0.1, -0.05) is 26.2 Å². The van der Waals surface area contributed by atoms with Crippen molar-refractivity contribution >= 4 is 27.3 Å². The molecule has 1 atom stereocenters. The largest absolute Gasteiger partial charge is 0.392 e. The van der Waals surface area contributed by atoms with Crippen molar-refractivity contribution in [1.29, 1.82) is 0 Å². The second-order valence-corrected chi connectivity index (χ2v) is 7.69. The molecular formula is C13H19BrOS. The van der Waals surface area contributed by atoms with Gasteiger partial charge in [0.05, 0.1) is 9.89 Å². The Balaban J connectivity index is 1.98. The van der Waals surface area contributed by atoms with Crippen molar-refractivity contribution < 1.29 is 5.11 Å². The van der Waals surface area contributed by atoms with E-state index in [4.69, 9.17) is 0 Å². The average molecular weight is 303 g/mol. The Morgan fingerprint density at radius 1 is 1.38 bits per heavy atom. The van der Waals surface area contributed by atoms with E-state index < -0.39 is 0 Å². The van der Waals surface area contributed by atoms with E-state index in [1.54, 1.807) is 11.3 Å². The molecule has 0 bridgehead atoms. The molecule has 0 saturated heterocycles. The Kier molecular flexibility index (Phi) is 4.09. The van der Waals surface area contributed by atoms with Crippen LogP contribution in [-0.2, 0) is 6.42 Å². The van der Waals surface area contributed by atoms with E-state index in [0.717, 1.165) is 10.2 Å². The first-order valence-electron chi connectivity index (χ1n) is 6.02. The maximum Gasteiger partial charge on any atom is 0.0701 e. The van der Waals surface area contributed by atoms with Gasteiger partial charge in [0, 0.05) is 11.3 Å². The summed E-state index contributed by atoms with van der Waals surface area (Å²) >= 11 is 5.20. The summed E-state index contributed by atoms with van der Waals surface area (Å²) < 4.78 is 1.16. The van der Waals surface area contributed by atoms with Crippen molar-refractivity contribution in [1.82, 2.24) is 0 Å². The number of aliphatic hydroxyl groups excluding tert-OH is 1. The van der Waals surface area contributed by atoms with E-state index in [1.807, 2.05) is 0 Å². The minimum absolute atomic E-state index is 0.148. The van der Waals surface area contributed by atoms with E-state index >= 15 is 0 Å². The fourth-order valence-corrected chi connectivity index (χ4v) is 4.11. The molecule has 0 amide bonds. The monoisotopic (exact) mass is 302 g/mol. The van der Waals surface area contributed by atoms with Gasteiger partial charge >= 0.3 is 0 Å². The van der Waals surface area contributed by atoms with Crippen LogP contribution in [0, 0.1) is 5.41 Å². The standard InChI is InChI=1S/C13H19BrOS/c1-13(7-3-2-4-8-13)11(15)9-10-5-6-12(14)16-10/h5-6,11,15H,2-4,7-9H2,1H3. The van der Waals surface area contributed by atoms with Crippen LogP contribution in [-0.4, -0.2) is 11.2 Å². The SMILES string of the molecule is CC1(C(O)Cc2ccc(Br)s2)CCCCC1. The molecule has 3 heteroatoms. The van der Waals surface area contributed by atoms with Crippen molar-refractivity contribution in [3.05, 3.63) is 20.8 Å². The summed E-state index contributed by atoms with van der Waals surface area (Å²) in [7, 11) is 0. The molecule has 90 valence electrons. The van der Waals surface area contributed by atoms with Gasteiger partial charge in [-0.15, -0.1) is 11.3 Å². The Hall–Kier alpha value is 0.140. The Morgan fingerprint density at radius 2 is 2.06 bits per heavy atom. The number of hydrogen-bond donors (Lipinski definition) is 1. The highest BCUT2D eigenvalue weighted by atomic mass is 79.9. The van der Waals surface area contributed by atoms with Gasteiger partial charge in [-0.3, -0.25) is 0 Å². The average Bonchev–Trinajstić information content (AvgIpc) is 2.65.